The lowest BCUT2D eigenvalue weighted by Crippen LogP contribution is -2.48. The summed E-state index contributed by atoms with van der Waals surface area (Å²) in [6.45, 7) is 10.4. The van der Waals surface area contributed by atoms with E-state index >= 15 is 0 Å². The molecule has 0 bridgehead atoms. The van der Waals surface area contributed by atoms with Gasteiger partial charge in [-0.25, -0.2) is 4.79 Å². The van der Waals surface area contributed by atoms with Gasteiger partial charge in [-0.3, -0.25) is 0 Å². The van der Waals surface area contributed by atoms with Gasteiger partial charge in [0.25, 0.3) is 0 Å². The summed E-state index contributed by atoms with van der Waals surface area (Å²) in [6.07, 6.45) is -0.282. The van der Waals surface area contributed by atoms with Crippen LogP contribution in [0.2, 0.25) is 0 Å². The van der Waals surface area contributed by atoms with E-state index in [1.165, 1.54) is 0 Å². The van der Waals surface area contributed by atoms with Crippen molar-refractivity contribution in [2.45, 2.75) is 53.7 Å². The first-order valence-corrected chi connectivity index (χ1v) is 4.87. The molecule has 1 N–H and O–H groups in total. The molecular formula is C11H23NO2. The molecule has 0 aliphatic carbocycles. The van der Waals surface area contributed by atoms with E-state index < -0.39 is 0 Å². The Balaban J connectivity index is 0.00000169. The minimum absolute atomic E-state index is 0. The van der Waals surface area contributed by atoms with E-state index in [1.807, 2.05) is 6.92 Å². The van der Waals surface area contributed by atoms with Crippen LogP contribution in [0.4, 0.5) is 4.79 Å². The van der Waals surface area contributed by atoms with Crippen molar-refractivity contribution in [3.05, 3.63) is 0 Å². The van der Waals surface area contributed by atoms with Gasteiger partial charge in [0.2, 0.25) is 0 Å². The third kappa shape index (κ3) is 2.02. The first kappa shape index (κ1) is 13.3. The van der Waals surface area contributed by atoms with Crippen LogP contribution in [-0.2, 0) is 4.74 Å². The lowest BCUT2D eigenvalue weighted by Gasteiger charge is -2.34. The second kappa shape index (κ2) is 4.20. The molecule has 0 aromatic heterocycles. The molecule has 1 amide bonds. The van der Waals surface area contributed by atoms with Crippen LogP contribution in [0.1, 0.15) is 42.0 Å². The lowest BCUT2D eigenvalue weighted by atomic mass is 9.80. The third-order valence-electron chi connectivity index (χ3n) is 3.02. The van der Waals surface area contributed by atoms with Crippen molar-refractivity contribution in [2.24, 2.45) is 11.8 Å². The van der Waals surface area contributed by atoms with Crippen LogP contribution in [0, 0.1) is 11.8 Å². The summed E-state index contributed by atoms with van der Waals surface area (Å²) in [5, 5.41) is 2.86. The number of cyclic esters (lactones) is 1. The number of rotatable bonds is 2. The molecule has 1 fully saturated rings. The smallest absolute Gasteiger partial charge is 0.408 e. The van der Waals surface area contributed by atoms with Gasteiger partial charge in [0.1, 0.15) is 5.60 Å². The van der Waals surface area contributed by atoms with Crippen LogP contribution in [0.3, 0.4) is 0 Å². The molecule has 1 aliphatic rings. The van der Waals surface area contributed by atoms with Crippen molar-refractivity contribution in [2.75, 3.05) is 0 Å². The maximum absolute atomic E-state index is 11.1. The number of amides is 1. The molecule has 0 aromatic carbocycles. The number of carbonyl (C=O) groups excluding carboxylic acids is 1. The SMILES string of the molecule is C.CC(C)[C@H]1NC(=O)O[C@]1(C)C(C)C. The first-order chi connectivity index (χ1) is 5.88. The number of hydrogen-bond donors (Lipinski definition) is 1. The predicted octanol–water partition coefficient (Wildman–Crippen LogP) is 2.80. The molecular weight excluding hydrogens is 178 g/mol. The summed E-state index contributed by atoms with van der Waals surface area (Å²) in [5.41, 5.74) is -0.356. The molecule has 0 aromatic rings. The van der Waals surface area contributed by atoms with Gasteiger partial charge < -0.3 is 10.1 Å². The fourth-order valence-electron chi connectivity index (χ4n) is 1.87. The number of ether oxygens (including phenoxy) is 1. The molecule has 1 heterocycles. The number of nitrogens with one attached hydrogen (secondary N) is 1. The lowest BCUT2D eigenvalue weighted by molar-refractivity contribution is 0.00331. The number of carbonyl (C=O) groups is 1. The Morgan fingerprint density at radius 1 is 1.36 bits per heavy atom. The average molecular weight is 201 g/mol. The largest absolute Gasteiger partial charge is 0.441 e. The van der Waals surface area contributed by atoms with Crippen LogP contribution in [0.25, 0.3) is 0 Å². The summed E-state index contributed by atoms with van der Waals surface area (Å²) in [6, 6.07) is 0.125. The summed E-state index contributed by atoms with van der Waals surface area (Å²) >= 11 is 0. The van der Waals surface area contributed by atoms with Gasteiger partial charge in [-0.1, -0.05) is 35.1 Å². The fraction of sp³-hybridized carbons (Fsp3) is 0.909. The Hall–Kier alpha value is -0.730. The van der Waals surface area contributed by atoms with Crippen LogP contribution >= 0.6 is 0 Å². The van der Waals surface area contributed by atoms with Gasteiger partial charge in [-0.05, 0) is 18.8 Å². The highest BCUT2D eigenvalue weighted by molar-refractivity contribution is 5.71. The van der Waals surface area contributed by atoms with E-state index in [9.17, 15) is 4.79 Å². The maximum atomic E-state index is 11.1. The minimum Gasteiger partial charge on any atom is -0.441 e. The Bertz CT molecular complexity index is 213. The van der Waals surface area contributed by atoms with Gasteiger partial charge >= 0.3 is 6.09 Å². The zero-order valence-electron chi connectivity index (χ0n) is 9.05. The summed E-state index contributed by atoms with van der Waals surface area (Å²) in [7, 11) is 0. The monoisotopic (exact) mass is 201 g/mol. The zero-order chi connectivity index (χ0) is 10.2. The van der Waals surface area contributed by atoms with Crippen LogP contribution in [0.5, 0.6) is 0 Å². The van der Waals surface area contributed by atoms with Crippen LogP contribution in [-0.4, -0.2) is 17.7 Å². The molecule has 3 nitrogen and oxygen atoms in total. The Morgan fingerprint density at radius 2 is 1.86 bits per heavy atom. The molecule has 1 rings (SSSR count). The highest BCUT2D eigenvalue weighted by atomic mass is 16.6. The Kier molecular flexibility index (Phi) is 3.98. The highest BCUT2D eigenvalue weighted by Crippen LogP contribution is 2.33. The summed E-state index contributed by atoms with van der Waals surface area (Å²) < 4.78 is 5.33. The van der Waals surface area contributed by atoms with E-state index in [1.54, 1.807) is 0 Å². The molecule has 1 aliphatic heterocycles. The van der Waals surface area contributed by atoms with Crippen LogP contribution < -0.4 is 5.32 Å². The molecule has 0 saturated carbocycles. The van der Waals surface area contributed by atoms with Crippen molar-refractivity contribution in [3.63, 3.8) is 0 Å². The van der Waals surface area contributed by atoms with Gasteiger partial charge in [-0.2, -0.15) is 0 Å². The molecule has 84 valence electrons. The standard InChI is InChI=1S/C10H19NO2.CH4/c1-6(2)8-10(5,7(3)4)13-9(12)11-8;/h6-8H,1-5H3,(H,11,12);1H4/t8-,10-;/m1./s1. The second-order valence-corrected chi connectivity index (χ2v) is 4.59. The van der Waals surface area contributed by atoms with E-state index in [4.69, 9.17) is 4.74 Å². The Labute approximate surface area is 87.2 Å². The minimum atomic E-state index is -0.356. The van der Waals surface area contributed by atoms with Gasteiger partial charge in [0.15, 0.2) is 0 Å². The summed E-state index contributed by atoms with van der Waals surface area (Å²) in [5.74, 6) is 0.734. The van der Waals surface area contributed by atoms with Crippen molar-refractivity contribution in [1.29, 1.82) is 0 Å². The van der Waals surface area contributed by atoms with Crippen molar-refractivity contribution >= 4 is 6.09 Å². The molecule has 3 heteroatoms. The average Bonchev–Trinajstić information content (AvgIpc) is 2.27. The third-order valence-corrected chi connectivity index (χ3v) is 3.02. The fourth-order valence-corrected chi connectivity index (χ4v) is 1.87. The van der Waals surface area contributed by atoms with E-state index in [0.717, 1.165) is 0 Å². The molecule has 0 radical (unpaired) electrons. The molecule has 1 saturated heterocycles. The van der Waals surface area contributed by atoms with Crippen molar-refractivity contribution in [3.8, 4) is 0 Å². The Morgan fingerprint density at radius 3 is 2.14 bits per heavy atom. The first-order valence-electron chi connectivity index (χ1n) is 4.87. The van der Waals surface area contributed by atoms with Crippen molar-refractivity contribution in [1.82, 2.24) is 5.32 Å². The zero-order valence-corrected chi connectivity index (χ0v) is 9.05. The van der Waals surface area contributed by atoms with E-state index in [-0.39, 0.29) is 25.2 Å². The van der Waals surface area contributed by atoms with E-state index in [0.29, 0.717) is 11.8 Å². The van der Waals surface area contributed by atoms with Gasteiger partial charge in [-0.15, -0.1) is 0 Å². The number of hydrogen-bond acceptors (Lipinski definition) is 2. The molecule has 0 spiro atoms. The van der Waals surface area contributed by atoms with E-state index in [2.05, 4.69) is 33.0 Å². The van der Waals surface area contributed by atoms with Crippen molar-refractivity contribution < 1.29 is 9.53 Å². The highest BCUT2D eigenvalue weighted by Gasteiger charge is 2.48. The molecule has 14 heavy (non-hydrogen) atoms. The predicted molar refractivity (Wildman–Crippen MR) is 58.2 cm³/mol. The quantitative estimate of drug-likeness (QED) is 0.746. The topological polar surface area (TPSA) is 38.3 Å². The van der Waals surface area contributed by atoms with Gasteiger partial charge in [0, 0.05) is 0 Å². The maximum Gasteiger partial charge on any atom is 0.408 e. The summed E-state index contributed by atoms with van der Waals surface area (Å²) in [4.78, 5) is 11.1. The van der Waals surface area contributed by atoms with Crippen LogP contribution in [0.15, 0.2) is 0 Å². The number of alkyl carbamates (subject to hydrolysis) is 1. The van der Waals surface area contributed by atoms with Gasteiger partial charge in [0.05, 0.1) is 6.04 Å². The normalized spacial score (nSPS) is 31.4. The second-order valence-electron chi connectivity index (χ2n) is 4.59. The molecule has 0 unspecified atom stereocenters. The molecule has 2 atom stereocenters.